The van der Waals surface area contributed by atoms with Gasteiger partial charge in [0.2, 0.25) is 0 Å². The molecule has 1 aliphatic rings. The molecular weight excluding hydrogens is 232 g/mol. The zero-order valence-corrected chi connectivity index (χ0v) is 12.4. The van der Waals surface area contributed by atoms with Gasteiger partial charge < -0.3 is 11.1 Å². The van der Waals surface area contributed by atoms with Crippen LogP contribution in [0.5, 0.6) is 0 Å². The van der Waals surface area contributed by atoms with Gasteiger partial charge in [-0.2, -0.15) is 0 Å². The molecule has 2 nitrogen and oxygen atoms in total. The van der Waals surface area contributed by atoms with Crippen LogP contribution >= 0.6 is 0 Å². The fourth-order valence-corrected chi connectivity index (χ4v) is 2.52. The minimum Gasteiger partial charge on any atom is -0.329 e. The van der Waals surface area contributed by atoms with E-state index in [0.717, 1.165) is 12.5 Å². The van der Waals surface area contributed by atoms with Crippen molar-refractivity contribution >= 4 is 0 Å². The Morgan fingerprint density at radius 1 is 1.16 bits per heavy atom. The largest absolute Gasteiger partial charge is 0.329 e. The first-order valence-corrected chi connectivity index (χ1v) is 7.74. The van der Waals surface area contributed by atoms with Gasteiger partial charge in [0.25, 0.3) is 0 Å². The van der Waals surface area contributed by atoms with Gasteiger partial charge in [-0.05, 0) is 42.3 Å². The molecule has 106 valence electrons. The number of nitrogens with one attached hydrogen (secondary N) is 1. The quantitative estimate of drug-likeness (QED) is 0.701. The molecule has 0 aliphatic heterocycles. The average Bonchev–Trinajstić information content (AvgIpc) is 3.23. The first-order valence-electron chi connectivity index (χ1n) is 7.74. The molecule has 0 radical (unpaired) electrons. The highest BCUT2D eigenvalue weighted by molar-refractivity contribution is 5.27. The van der Waals surface area contributed by atoms with Gasteiger partial charge in [-0.3, -0.25) is 0 Å². The summed E-state index contributed by atoms with van der Waals surface area (Å²) in [5, 5.41) is 3.59. The van der Waals surface area contributed by atoms with Crippen LogP contribution in [0.15, 0.2) is 24.3 Å². The maximum Gasteiger partial charge on any atom is 0.0444 e. The van der Waals surface area contributed by atoms with E-state index in [0.29, 0.717) is 18.5 Å². The summed E-state index contributed by atoms with van der Waals surface area (Å²) in [4.78, 5) is 0. The molecule has 19 heavy (non-hydrogen) atoms. The molecule has 1 fully saturated rings. The maximum atomic E-state index is 5.89. The van der Waals surface area contributed by atoms with Crippen LogP contribution in [0.25, 0.3) is 0 Å². The molecule has 1 aliphatic carbocycles. The molecule has 1 saturated carbocycles. The lowest BCUT2D eigenvalue weighted by Crippen LogP contribution is -2.29. The lowest BCUT2D eigenvalue weighted by Gasteiger charge is -2.18. The molecule has 0 aromatic heterocycles. The van der Waals surface area contributed by atoms with E-state index in [1.54, 1.807) is 0 Å². The lowest BCUT2D eigenvalue weighted by atomic mass is 9.99. The van der Waals surface area contributed by atoms with Gasteiger partial charge in [-0.1, -0.05) is 51.0 Å². The molecule has 0 bridgehead atoms. The van der Waals surface area contributed by atoms with Crippen molar-refractivity contribution in [2.75, 3.05) is 13.1 Å². The van der Waals surface area contributed by atoms with E-state index in [1.807, 2.05) is 0 Å². The van der Waals surface area contributed by atoms with Crippen molar-refractivity contribution in [3.05, 3.63) is 35.4 Å². The normalized spacial score (nSPS) is 16.8. The van der Waals surface area contributed by atoms with Gasteiger partial charge in [0.05, 0.1) is 0 Å². The third kappa shape index (κ3) is 4.63. The second kappa shape index (κ2) is 7.06. The maximum absolute atomic E-state index is 5.89. The van der Waals surface area contributed by atoms with Gasteiger partial charge in [-0.25, -0.2) is 0 Å². The Morgan fingerprint density at radius 3 is 2.32 bits per heavy atom. The molecule has 1 atom stereocenters. The summed E-state index contributed by atoms with van der Waals surface area (Å²) in [5.41, 5.74) is 8.61. The van der Waals surface area contributed by atoms with E-state index in [2.05, 4.69) is 43.4 Å². The van der Waals surface area contributed by atoms with Crippen LogP contribution in [0, 0.1) is 5.92 Å². The van der Waals surface area contributed by atoms with Gasteiger partial charge in [-0.15, -0.1) is 0 Å². The van der Waals surface area contributed by atoms with E-state index in [1.165, 1.54) is 36.8 Å². The van der Waals surface area contributed by atoms with E-state index in [-0.39, 0.29) is 0 Å². The van der Waals surface area contributed by atoms with Crippen LogP contribution in [0.1, 0.15) is 62.6 Å². The first-order chi connectivity index (χ1) is 9.20. The van der Waals surface area contributed by atoms with Crippen molar-refractivity contribution < 1.29 is 0 Å². The SMILES string of the molecule is CC(C)c1ccc(C(CN)NCCCC2CC2)cc1. The van der Waals surface area contributed by atoms with Crippen LogP contribution in [-0.4, -0.2) is 13.1 Å². The number of benzene rings is 1. The number of hydrogen-bond acceptors (Lipinski definition) is 2. The fourth-order valence-electron chi connectivity index (χ4n) is 2.52. The van der Waals surface area contributed by atoms with Gasteiger partial charge in [0.15, 0.2) is 0 Å². The number of nitrogens with two attached hydrogens (primary N) is 1. The standard InChI is InChI=1S/C17H28N2/c1-13(2)15-7-9-16(10-8-15)17(12-18)19-11-3-4-14-5-6-14/h7-10,13-14,17,19H,3-6,11-12,18H2,1-2H3. The number of hydrogen-bond donors (Lipinski definition) is 2. The van der Waals surface area contributed by atoms with Crippen LogP contribution < -0.4 is 11.1 Å². The van der Waals surface area contributed by atoms with Crippen LogP contribution in [0.4, 0.5) is 0 Å². The molecule has 2 rings (SSSR count). The van der Waals surface area contributed by atoms with E-state index in [9.17, 15) is 0 Å². The highest BCUT2D eigenvalue weighted by Crippen LogP contribution is 2.33. The molecule has 3 N–H and O–H groups in total. The van der Waals surface area contributed by atoms with Crippen molar-refractivity contribution in [2.24, 2.45) is 11.7 Å². The summed E-state index contributed by atoms with van der Waals surface area (Å²) in [6.45, 7) is 6.21. The second-order valence-electron chi connectivity index (χ2n) is 6.15. The van der Waals surface area contributed by atoms with Crippen molar-refractivity contribution in [1.29, 1.82) is 0 Å². The van der Waals surface area contributed by atoms with Crippen LogP contribution in [-0.2, 0) is 0 Å². The Bertz CT molecular complexity index is 365. The summed E-state index contributed by atoms with van der Waals surface area (Å²) in [6.07, 6.45) is 5.58. The minimum absolute atomic E-state index is 0.306. The van der Waals surface area contributed by atoms with Crippen molar-refractivity contribution in [3.8, 4) is 0 Å². The van der Waals surface area contributed by atoms with Crippen molar-refractivity contribution in [3.63, 3.8) is 0 Å². The summed E-state index contributed by atoms with van der Waals surface area (Å²) >= 11 is 0. The molecule has 1 unspecified atom stereocenters. The second-order valence-corrected chi connectivity index (χ2v) is 6.15. The lowest BCUT2D eigenvalue weighted by molar-refractivity contribution is 0.512. The average molecular weight is 260 g/mol. The summed E-state index contributed by atoms with van der Waals surface area (Å²) in [6, 6.07) is 9.21. The molecular formula is C17H28N2. The molecule has 0 saturated heterocycles. The van der Waals surface area contributed by atoms with E-state index in [4.69, 9.17) is 5.73 Å². The number of rotatable bonds is 8. The Kier molecular flexibility index (Phi) is 5.41. The molecule has 2 heteroatoms. The third-order valence-electron chi connectivity index (χ3n) is 4.12. The van der Waals surface area contributed by atoms with Crippen molar-refractivity contribution in [1.82, 2.24) is 5.32 Å². The van der Waals surface area contributed by atoms with Crippen molar-refractivity contribution in [2.45, 2.75) is 51.5 Å². The van der Waals surface area contributed by atoms with Crippen LogP contribution in [0.2, 0.25) is 0 Å². The molecule has 1 aromatic carbocycles. The Balaban J connectivity index is 1.81. The highest BCUT2D eigenvalue weighted by Gasteiger charge is 2.20. The fraction of sp³-hybridized carbons (Fsp3) is 0.647. The zero-order valence-electron chi connectivity index (χ0n) is 12.4. The topological polar surface area (TPSA) is 38.0 Å². The third-order valence-corrected chi connectivity index (χ3v) is 4.12. The first kappa shape index (κ1) is 14.5. The summed E-state index contributed by atoms with van der Waals surface area (Å²) in [5.74, 6) is 1.63. The smallest absolute Gasteiger partial charge is 0.0444 e. The summed E-state index contributed by atoms with van der Waals surface area (Å²) < 4.78 is 0. The molecule has 0 amide bonds. The zero-order chi connectivity index (χ0) is 13.7. The Labute approximate surface area is 117 Å². The van der Waals surface area contributed by atoms with Gasteiger partial charge in [0.1, 0.15) is 0 Å². The highest BCUT2D eigenvalue weighted by atomic mass is 14.9. The van der Waals surface area contributed by atoms with Gasteiger partial charge in [0, 0.05) is 12.6 Å². The van der Waals surface area contributed by atoms with E-state index >= 15 is 0 Å². The molecule has 0 heterocycles. The Hall–Kier alpha value is -0.860. The predicted molar refractivity (Wildman–Crippen MR) is 82.3 cm³/mol. The molecule has 0 spiro atoms. The molecule has 1 aromatic rings. The van der Waals surface area contributed by atoms with Gasteiger partial charge >= 0.3 is 0 Å². The Morgan fingerprint density at radius 2 is 1.79 bits per heavy atom. The minimum atomic E-state index is 0.306. The predicted octanol–water partition coefficient (Wildman–Crippen LogP) is 3.59. The summed E-state index contributed by atoms with van der Waals surface area (Å²) in [7, 11) is 0. The monoisotopic (exact) mass is 260 g/mol. The van der Waals surface area contributed by atoms with Crippen LogP contribution in [0.3, 0.4) is 0 Å². The van der Waals surface area contributed by atoms with E-state index < -0.39 is 0 Å².